The summed E-state index contributed by atoms with van der Waals surface area (Å²) in [6, 6.07) is 14.7. The smallest absolute Gasteiger partial charge is 0.181 e. The number of nitrogens with two attached hydrogens (primary N) is 1. The number of methoxy groups -OCH3 is 1. The first-order valence-corrected chi connectivity index (χ1v) is 10.7. The van der Waals surface area contributed by atoms with Gasteiger partial charge in [0.15, 0.2) is 11.9 Å². The number of rotatable bonds is 5. The average Bonchev–Trinajstić information content (AvgIpc) is 3.37. The normalized spacial score (nSPS) is 22.7. The number of aromatic nitrogens is 4. The van der Waals surface area contributed by atoms with Crippen LogP contribution in [0.5, 0.6) is 5.75 Å². The number of aliphatic hydroxyl groups is 2. The van der Waals surface area contributed by atoms with Crippen LogP contribution in [0.15, 0.2) is 54.9 Å². The van der Waals surface area contributed by atoms with Crippen molar-refractivity contribution in [2.75, 3.05) is 13.7 Å². The molecule has 2 aromatic heterocycles. The second kappa shape index (κ2) is 8.69. The summed E-state index contributed by atoms with van der Waals surface area (Å²) in [4.78, 5) is 8.98. The molecular formula is C23H22ClN5O4. The number of ether oxygens (including phenoxy) is 2. The minimum atomic E-state index is -1.22. The first kappa shape index (κ1) is 21.7. The summed E-state index contributed by atoms with van der Waals surface area (Å²) in [5.74, 6) is 0.708. The fourth-order valence-corrected chi connectivity index (χ4v) is 4.18. The fraction of sp³-hybridized carbons (Fsp3) is 0.261. The predicted molar refractivity (Wildman–Crippen MR) is 123 cm³/mol. The maximum Gasteiger partial charge on any atom is 0.181 e. The minimum Gasteiger partial charge on any atom is -0.497 e. The van der Waals surface area contributed by atoms with Gasteiger partial charge in [-0.15, -0.1) is 0 Å². The van der Waals surface area contributed by atoms with Crippen LogP contribution in [0.3, 0.4) is 0 Å². The lowest BCUT2D eigenvalue weighted by atomic mass is 10.0. The highest BCUT2D eigenvalue weighted by atomic mass is 35.5. The molecule has 0 spiro atoms. The number of fused-ring (bicyclic) bond motifs is 1. The SMILES string of the molecule is COc1ccc(-c2nn([C@@H]3O[C@H](CN)[C@@H](O)[C@H]3O)c3ncnc(-c4ccc(Cl)cc4)c23)cc1. The molecule has 0 amide bonds. The Bertz CT molecular complexity index is 1280. The van der Waals surface area contributed by atoms with Crippen LogP contribution in [0.2, 0.25) is 5.02 Å². The number of benzene rings is 2. The molecule has 2 aromatic carbocycles. The average molecular weight is 468 g/mol. The summed E-state index contributed by atoms with van der Waals surface area (Å²) in [6.45, 7) is 0.0598. The Morgan fingerprint density at radius 1 is 1.00 bits per heavy atom. The molecule has 4 N–H and O–H groups in total. The first-order chi connectivity index (χ1) is 16.0. The highest BCUT2D eigenvalue weighted by Crippen LogP contribution is 2.38. The Labute approximate surface area is 194 Å². The van der Waals surface area contributed by atoms with Gasteiger partial charge >= 0.3 is 0 Å². The van der Waals surface area contributed by atoms with E-state index >= 15 is 0 Å². The van der Waals surface area contributed by atoms with Gasteiger partial charge in [0.05, 0.1) is 18.2 Å². The molecule has 33 heavy (non-hydrogen) atoms. The molecule has 0 bridgehead atoms. The number of hydrogen-bond donors (Lipinski definition) is 3. The van der Waals surface area contributed by atoms with Crippen molar-refractivity contribution in [3.8, 4) is 28.3 Å². The summed E-state index contributed by atoms with van der Waals surface area (Å²) in [5, 5.41) is 27.1. The molecule has 0 unspecified atom stereocenters. The molecule has 0 saturated carbocycles. The van der Waals surface area contributed by atoms with Crippen LogP contribution in [0, 0.1) is 0 Å². The van der Waals surface area contributed by atoms with Crippen molar-refractivity contribution in [3.63, 3.8) is 0 Å². The summed E-state index contributed by atoms with van der Waals surface area (Å²) < 4.78 is 12.6. The molecule has 1 saturated heterocycles. The van der Waals surface area contributed by atoms with Gasteiger partial charge in [0, 0.05) is 22.7 Å². The van der Waals surface area contributed by atoms with Crippen molar-refractivity contribution in [1.82, 2.24) is 19.7 Å². The van der Waals surface area contributed by atoms with E-state index in [1.165, 1.54) is 11.0 Å². The van der Waals surface area contributed by atoms with Gasteiger partial charge in [-0.25, -0.2) is 14.6 Å². The molecule has 1 aliphatic rings. The quantitative estimate of drug-likeness (QED) is 0.408. The van der Waals surface area contributed by atoms with Crippen LogP contribution < -0.4 is 10.5 Å². The zero-order valence-electron chi connectivity index (χ0n) is 17.7. The van der Waals surface area contributed by atoms with Gasteiger partial charge in [-0.3, -0.25) is 0 Å². The van der Waals surface area contributed by atoms with E-state index < -0.39 is 24.5 Å². The lowest BCUT2D eigenvalue weighted by Crippen LogP contribution is -2.35. The lowest BCUT2D eigenvalue weighted by Gasteiger charge is -2.15. The van der Waals surface area contributed by atoms with Crippen LogP contribution in [-0.2, 0) is 4.74 Å². The number of hydrogen-bond acceptors (Lipinski definition) is 8. The van der Waals surface area contributed by atoms with Crippen LogP contribution in [0.25, 0.3) is 33.5 Å². The van der Waals surface area contributed by atoms with Gasteiger partial charge in [0.1, 0.15) is 36.1 Å². The van der Waals surface area contributed by atoms with Crippen molar-refractivity contribution in [1.29, 1.82) is 0 Å². The first-order valence-electron chi connectivity index (χ1n) is 10.4. The van der Waals surface area contributed by atoms with Crippen LogP contribution in [0.4, 0.5) is 0 Å². The van der Waals surface area contributed by atoms with Crippen LogP contribution >= 0.6 is 11.6 Å². The van der Waals surface area contributed by atoms with Gasteiger partial charge in [0.2, 0.25) is 0 Å². The third kappa shape index (κ3) is 3.73. The molecule has 4 atom stereocenters. The molecule has 4 aromatic rings. The minimum absolute atomic E-state index is 0.0598. The van der Waals surface area contributed by atoms with Crippen molar-refractivity contribution < 1.29 is 19.7 Å². The summed E-state index contributed by atoms with van der Waals surface area (Å²) >= 11 is 6.08. The van der Waals surface area contributed by atoms with E-state index in [1.54, 1.807) is 19.2 Å². The maximum absolute atomic E-state index is 10.7. The Morgan fingerprint density at radius 2 is 1.67 bits per heavy atom. The molecule has 10 heteroatoms. The van der Waals surface area contributed by atoms with Crippen molar-refractivity contribution in [2.45, 2.75) is 24.5 Å². The summed E-state index contributed by atoms with van der Waals surface area (Å²) in [5.41, 5.74) is 9.03. The molecule has 3 heterocycles. The van der Waals surface area contributed by atoms with E-state index in [-0.39, 0.29) is 6.54 Å². The molecule has 9 nitrogen and oxygen atoms in total. The van der Waals surface area contributed by atoms with Gasteiger partial charge < -0.3 is 25.4 Å². The number of aliphatic hydroxyl groups excluding tert-OH is 2. The summed E-state index contributed by atoms with van der Waals surface area (Å²) in [6.07, 6.45) is -2.61. The molecule has 5 rings (SSSR count). The van der Waals surface area contributed by atoms with E-state index in [0.29, 0.717) is 33.2 Å². The highest BCUT2D eigenvalue weighted by molar-refractivity contribution is 6.30. The number of nitrogens with zero attached hydrogens (tertiary/aromatic N) is 4. The monoisotopic (exact) mass is 467 g/mol. The Balaban J connectivity index is 1.74. The fourth-order valence-electron chi connectivity index (χ4n) is 4.05. The van der Waals surface area contributed by atoms with Crippen molar-refractivity contribution in [2.24, 2.45) is 5.73 Å². The molecule has 170 valence electrons. The van der Waals surface area contributed by atoms with Crippen LogP contribution in [0.1, 0.15) is 6.23 Å². The largest absolute Gasteiger partial charge is 0.497 e. The zero-order valence-corrected chi connectivity index (χ0v) is 18.4. The molecule has 1 fully saturated rings. The number of halogens is 1. The van der Waals surface area contributed by atoms with E-state index in [9.17, 15) is 10.2 Å². The molecule has 1 aliphatic heterocycles. The van der Waals surface area contributed by atoms with Crippen molar-refractivity contribution in [3.05, 3.63) is 59.9 Å². The van der Waals surface area contributed by atoms with E-state index in [1.807, 2.05) is 36.4 Å². The topological polar surface area (TPSA) is 129 Å². The van der Waals surface area contributed by atoms with Crippen LogP contribution in [-0.4, -0.2) is 61.9 Å². The molecular weight excluding hydrogens is 446 g/mol. The third-order valence-corrected chi connectivity index (χ3v) is 6.03. The Hall–Kier alpha value is -3.08. The molecule has 0 radical (unpaired) electrons. The predicted octanol–water partition coefficient (Wildman–Crippen LogP) is 2.40. The van der Waals surface area contributed by atoms with E-state index in [0.717, 1.165) is 11.1 Å². The van der Waals surface area contributed by atoms with Crippen molar-refractivity contribution >= 4 is 22.6 Å². The second-order valence-corrected chi connectivity index (χ2v) is 8.17. The maximum atomic E-state index is 10.7. The molecule has 0 aliphatic carbocycles. The van der Waals surface area contributed by atoms with Gasteiger partial charge in [-0.1, -0.05) is 23.7 Å². The Kier molecular flexibility index (Phi) is 5.73. The third-order valence-electron chi connectivity index (χ3n) is 5.78. The second-order valence-electron chi connectivity index (χ2n) is 7.73. The zero-order chi connectivity index (χ0) is 23.1. The van der Waals surface area contributed by atoms with E-state index in [2.05, 4.69) is 9.97 Å². The summed E-state index contributed by atoms with van der Waals surface area (Å²) in [7, 11) is 1.60. The lowest BCUT2D eigenvalue weighted by molar-refractivity contribution is -0.0391. The van der Waals surface area contributed by atoms with E-state index in [4.69, 9.17) is 31.9 Å². The highest BCUT2D eigenvalue weighted by Gasteiger charge is 2.44. The Morgan fingerprint density at radius 3 is 2.30 bits per heavy atom. The van der Waals surface area contributed by atoms with Gasteiger partial charge in [-0.05, 0) is 36.4 Å². The van der Waals surface area contributed by atoms with Gasteiger partial charge in [-0.2, -0.15) is 5.10 Å². The standard InChI is InChI=1S/C23H22ClN5O4/c1-32-15-8-4-13(5-9-15)19-17-18(12-2-6-14(24)7-3-12)26-11-27-22(17)29(28-19)23-21(31)20(30)16(10-25)33-23/h2-9,11,16,20-21,23,30-31H,10,25H2,1H3/t16-,20-,21-,23-/m1/s1. The van der Waals surface area contributed by atoms with Gasteiger partial charge in [0.25, 0.3) is 0 Å².